The SMILES string of the molecule is O=C1C(c2ccc3c(c2)OCO3)=C(c2ccccc2)c2ccc(OCCN3CCOCC3)cc21. The van der Waals surface area contributed by atoms with Crippen LogP contribution in [0.15, 0.2) is 66.7 Å². The molecule has 0 atom stereocenters. The molecule has 34 heavy (non-hydrogen) atoms. The van der Waals surface area contributed by atoms with Gasteiger partial charge in [0.15, 0.2) is 17.3 Å². The van der Waals surface area contributed by atoms with Crippen molar-refractivity contribution in [1.29, 1.82) is 0 Å². The highest BCUT2D eigenvalue weighted by Crippen LogP contribution is 2.45. The van der Waals surface area contributed by atoms with E-state index in [1.54, 1.807) is 0 Å². The summed E-state index contributed by atoms with van der Waals surface area (Å²) >= 11 is 0. The molecule has 0 spiro atoms. The van der Waals surface area contributed by atoms with E-state index in [1.165, 1.54) is 0 Å². The summed E-state index contributed by atoms with van der Waals surface area (Å²) in [6.07, 6.45) is 0. The molecule has 172 valence electrons. The van der Waals surface area contributed by atoms with Crippen LogP contribution in [0, 0.1) is 0 Å². The normalized spacial score (nSPS) is 17.2. The van der Waals surface area contributed by atoms with E-state index < -0.39 is 0 Å². The van der Waals surface area contributed by atoms with Crippen molar-refractivity contribution >= 4 is 16.9 Å². The van der Waals surface area contributed by atoms with Crippen LogP contribution in [0.5, 0.6) is 17.2 Å². The second-order valence-corrected chi connectivity index (χ2v) is 8.52. The van der Waals surface area contributed by atoms with Gasteiger partial charge < -0.3 is 18.9 Å². The Labute approximate surface area is 198 Å². The fourth-order valence-corrected chi connectivity index (χ4v) is 4.75. The number of Topliss-reactive ketones (excluding diaryl/α,β-unsaturated/α-hetero) is 1. The number of carbonyl (C=O) groups is 1. The Kier molecular flexibility index (Phi) is 5.53. The first-order valence-corrected chi connectivity index (χ1v) is 11.6. The van der Waals surface area contributed by atoms with Gasteiger partial charge in [-0.05, 0) is 47.0 Å². The van der Waals surface area contributed by atoms with Crippen LogP contribution in [-0.4, -0.2) is 56.9 Å². The molecule has 6 rings (SSSR count). The molecule has 0 bridgehead atoms. The average Bonchev–Trinajstić information content (AvgIpc) is 3.47. The minimum absolute atomic E-state index is 0.00801. The van der Waals surface area contributed by atoms with Gasteiger partial charge in [0.1, 0.15) is 12.4 Å². The Balaban J connectivity index is 1.33. The standard InChI is InChI=1S/C28H25NO5/c30-28-23-17-21(32-15-12-29-10-13-31-14-11-29)7-8-22(23)26(19-4-2-1-3-5-19)27(28)20-6-9-24-25(16-20)34-18-33-24/h1-9,16-17H,10-15,18H2. The van der Waals surface area contributed by atoms with E-state index in [0.717, 1.165) is 55.1 Å². The van der Waals surface area contributed by atoms with E-state index in [9.17, 15) is 4.79 Å². The van der Waals surface area contributed by atoms with Crippen molar-refractivity contribution in [3.63, 3.8) is 0 Å². The number of ketones is 1. The Bertz CT molecular complexity index is 1260. The molecule has 0 N–H and O–H groups in total. The lowest BCUT2D eigenvalue weighted by Gasteiger charge is -2.26. The van der Waals surface area contributed by atoms with Gasteiger partial charge in [-0.25, -0.2) is 0 Å². The van der Waals surface area contributed by atoms with Crippen LogP contribution >= 0.6 is 0 Å². The van der Waals surface area contributed by atoms with Crippen LogP contribution in [0.4, 0.5) is 0 Å². The van der Waals surface area contributed by atoms with Crippen molar-refractivity contribution in [3.8, 4) is 17.2 Å². The van der Waals surface area contributed by atoms with Crippen molar-refractivity contribution < 1.29 is 23.7 Å². The predicted molar refractivity (Wildman–Crippen MR) is 128 cm³/mol. The Hall–Kier alpha value is -3.61. The maximum atomic E-state index is 13.7. The third kappa shape index (κ3) is 3.85. The monoisotopic (exact) mass is 455 g/mol. The zero-order chi connectivity index (χ0) is 22.9. The van der Waals surface area contributed by atoms with E-state index in [1.807, 2.05) is 66.7 Å². The summed E-state index contributed by atoms with van der Waals surface area (Å²) in [7, 11) is 0. The molecule has 0 amide bonds. The van der Waals surface area contributed by atoms with Crippen LogP contribution < -0.4 is 14.2 Å². The largest absolute Gasteiger partial charge is 0.492 e. The number of fused-ring (bicyclic) bond motifs is 2. The van der Waals surface area contributed by atoms with Gasteiger partial charge in [0.2, 0.25) is 6.79 Å². The second kappa shape index (κ2) is 8.97. The van der Waals surface area contributed by atoms with Crippen molar-refractivity contribution in [2.24, 2.45) is 0 Å². The van der Waals surface area contributed by atoms with Gasteiger partial charge in [-0.3, -0.25) is 9.69 Å². The molecule has 0 unspecified atom stereocenters. The summed E-state index contributed by atoms with van der Waals surface area (Å²) in [4.78, 5) is 16.1. The number of allylic oxidation sites excluding steroid dienone is 1. The molecule has 6 nitrogen and oxygen atoms in total. The van der Waals surface area contributed by atoms with Crippen LogP contribution in [0.1, 0.15) is 27.0 Å². The molecule has 3 aromatic rings. The van der Waals surface area contributed by atoms with Gasteiger partial charge in [-0.2, -0.15) is 0 Å². The molecular formula is C28H25NO5. The zero-order valence-electron chi connectivity index (χ0n) is 18.8. The molecule has 0 aromatic heterocycles. The number of carbonyl (C=O) groups excluding carboxylic acids is 1. The molecule has 2 heterocycles. The smallest absolute Gasteiger partial charge is 0.231 e. The number of benzene rings is 3. The first-order chi connectivity index (χ1) is 16.8. The average molecular weight is 456 g/mol. The van der Waals surface area contributed by atoms with Gasteiger partial charge >= 0.3 is 0 Å². The van der Waals surface area contributed by atoms with E-state index in [4.69, 9.17) is 18.9 Å². The molecule has 1 aliphatic carbocycles. The molecule has 3 aromatic carbocycles. The Morgan fingerprint density at radius 1 is 0.794 bits per heavy atom. The maximum Gasteiger partial charge on any atom is 0.231 e. The highest BCUT2D eigenvalue weighted by molar-refractivity contribution is 6.41. The van der Waals surface area contributed by atoms with E-state index in [-0.39, 0.29) is 12.6 Å². The zero-order valence-corrected chi connectivity index (χ0v) is 18.8. The van der Waals surface area contributed by atoms with E-state index in [2.05, 4.69) is 4.90 Å². The maximum absolute atomic E-state index is 13.7. The summed E-state index contributed by atoms with van der Waals surface area (Å²) in [5.41, 5.74) is 5.01. The van der Waals surface area contributed by atoms with Gasteiger partial charge in [-0.15, -0.1) is 0 Å². The predicted octanol–water partition coefficient (Wildman–Crippen LogP) is 4.28. The number of morpholine rings is 1. The molecule has 1 fully saturated rings. The van der Waals surface area contributed by atoms with Crippen molar-refractivity contribution in [1.82, 2.24) is 4.90 Å². The second-order valence-electron chi connectivity index (χ2n) is 8.52. The third-order valence-corrected chi connectivity index (χ3v) is 6.49. The fraction of sp³-hybridized carbons (Fsp3) is 0.250. The quantitative estimate of drug-likeness (QED) is 0.553. The van der Waals surface area contributed by atoms with Crippen LogP contribution in [0.3, 0.4) is 0 Å². The lowest BCUT2D eigenvalue weighted by atomic mass is 9.94. The topological polar surface area (TPSA) is 57.2 Å². The van der Waals surface area contributed by atoms with Crippen molar-refractivity contribution in [2.75, 3.05) is 46.2 Å². The van der Waals surface area contributed by atoms with Crippen molar-refractivity contribution in [3.05, 3.63) is 89.0 Å². The molecule has 0 radical (unpaired) electrons. The highest BCUT2D eigenvalue weighted by atomic mass is 16.7. The number of hydrogen-bond acceptors (Lipinski definition) is 6. The molecule has 1 saturated heterocycles. The first kappa shape index (κ1) is 21.0. The molecule has 2 aliphatic heterocycles. The van der Waals surface area contributed by atoms with Crippen LogP contribution in [0.2, 0.25) is 0 Å². The minimum atomic E-state index is -0.00801. The number of ether oxygens (including phenoxy) is 4. The minimum Gasteiger partial charge on any atom is -0.492 e. The van der Waals surface area contributed by atoms with Gasteiger partial charge in [0, 0.05) is 36.3 Å². The Morgan fingerprint density at radius 2 is 1.62 bits per heavy atom. The first-order valence-electron chi connectivity index (χ1n) is 11.6. The highest BCUT2D eigenvalue weighted by Gasteiger charge is 2.32. The fourth-order valence-electron chi connectivity index (χ4n) is 4.75. The summed E-state index contributed by atoms with van der Waals surface area (Å²) in [5, 5.41) is 0. The molecular weight excluding hydrogens is 430 g/mol. The lowest BCUT2D eigenvalue weighted by molar-refractivity contribution is 0.0322. The molecule has 6 heteroatoms. The van der Waals surface area contributed by atoms with Gasteiger partial charge in [0.25, 0.3) is 0 Å². The third-order valence-electron chi connectivity index (χ3n) is 6.49. The summed E-state index contributed by atoms with van der Waals surface area (Å²) in [5.74, 6) is 2.06. The van der Waals surface area contributed by atoms with Gasteiger partial charge in [0.05, 0.1) is 13.2 Å². The molecule has 0 saturated carbocycles. The van der Waals surface area contributed by atoms with E-state index in [0.29, 0.717) is 35.0 Å². The number of rotatable bonds is 6. The van der Waals surface area contributed by atoms with Gasteiger partial charge in [-0.1, -0.05) is 36.4 Å². The van der Waals surface area contributed by atoms with E-state index >= 15 is 0 Å². The Morgan fingerprint density at radius 3 is 2.47 bits per heavy atom. The molecule has 3 aliphatic rings. The van der Waals surface area contributed by atoms with Crippen LogP contribution in [0.25, 0.3) is 11.1 Å². The summed E-state index contributed by atoms with van der Waals surface area (Å²) in [6.45, 7) is 4.99. The number of hydrogen-bond donors (Lipinski definition) is 0. The summed E-state index contributed by atoms with van der Waals surface area (Å²) in [6, 6.07) is 21.6. The lowest BCUT2D eigenvalue weighted by Crippen LogP contribution is -2.38. The van der Waals surface area contributed by atoms with Crippen LogP contribution in [-0.2, 0) is 4.74 Å². The van der Waals surface area contributed by atoms with Crippen molar-refractivity contribution in [2.45, 2.75) is 0 Å². The number of nitrogens with zero attached hydrogens (tertiary/aromatic N) is 1. The summed E-state index contributed by atoms with van der Waals surface area (Å²) < 4.78 is 22.5.